The van der Waals surface area contributed by atoms with Crippen molar-refractivity contribution in [2.45, 2.75) is 97.6 Å². The predicted molar refractivity (Wildman–Crippen MR) is 85.3 cm³/mol. The van der Waals surface area contributed by atoms with Crippen LogP contribution in [0.15, 0.2) is 10.2 Å². The van der Waals surface area contributed by atoms with E-state index in [-0.39, 0.29) is 16.7 Å². The third kappa shape index (κ3) is 9.17. The third-order valence-electron chi connectivity index (χ3n) is 3.17. The van der Waals surface area contributed by atoms with Gasteiger partial charge >= 0.3 is 0 Å². The molecule has 0 amide bonds. The zero-order valence-corrected chi connectivity index (χ0v) is 15.5. The number of hydrogen-bond acceptors (Lipinski definition) is 5. The van der Waals surface area contributed by atoms with Crippen molar-refractivity contribution in [1.82, 2.24) is 0 Å². The molecule has 1 atom stereocenters. The molecule has 0 aromatic carbocycles. The van der Waals surface area contributed by atoms with E-state index >= 15 is 0 Å². The highest BCUT2D eigenvalue weighted by Crippen LogP contribution is 2.31. The number of azo groups is 1. The fourth-order valence-corrected chi connectivity index (χ4v) is 1.46. The largest absolute Gasteiger partial charge is 0.379 e. The molecule has 0 heterocycles. The van der Waals surface area contributed by atoms with E-state index in [9.17, 15) is 0 Å². The predicted octanol–water partition coefficient (Wildman–Crippen LogP) is 4.91. The smallest absolute Gasteiger partial charge is 0.212 e. The summed E-state index contributed by atoms with van der Waals surface area (Å²) in [7, 11) is 1.68. The maximum Gasteiger partial charge on any atom is 0.212 e. The molecular formula is C16H34N2O3. The van der Waals surface area contributed by atoms with Gasteiger partial charge in [0, 0.05) is 13.5 Å². The van der Waals surface area contributed by atoms with Crippen molar-refractivity contribution in [2.24, 2.45) is 10.2 Å². The summed E-state index contributed by atoms with van der Waals surface area (Å²) in [6, 6.07) is 0. The van der Waals surface area contributed by atoms with Crippen LogP contribution in [0, 0.1) is 0 Å². The van der Waals surface area contributed by atoms with Gasteiger partial charge in [0.05, 0.1) is 16.7 Å². The minimum absolute atomic E-state index is 0.262. The molecule has 5 nitrogen and oxygen atoms in total. The number of hydrogen-bond donors (Lipinski definition) is 0. The number of ether oxygens (including phenoxy) is 1. The van der Waals surface area contributed by atoms with Gasteiger partial charge in [-0.05, 0) is 61.8 Å². The molecular weight excluding hydrogens is 268 g/mol. The molecule has 0 aliphatic heterocycles. The van der Waals surface area contributed by atoms with E-state index in [2.05, 4.69) is 17.2 Å². The number of rotatable bonds is 8. The van der Waals surface area contributed by atoms with Gasteiger partial charge in [0.15, 0.2) is 0 Å². The summed E-state index contributed by atoms with van der Waals surface area (Å²) in [6.07, 6.45) is 1.38. The molecule has 0 fully saturated rings. The van der Waals surface area contributed by atoms with Crippen molar-refractivity contribution in [3.63, 3.8) is 0 Å². The maximum atomic E-state index is 5.68. The molecule has 21 heavy (non-hydrogen) atoms. The van der Waals surface area contributed by atoms with Gasteiger partial charge in [-0.2, -0.15) is 10.2 Å². The quantitative estimate of drug-likeness (QED) is 0.364. The lowest BCUT2D eigenvalue weighted by Crippen LogP contribution is -2.40. The molecule has 0 aliphatic carbocycles. The molecule has 0 rings (SSSR count). The summed E-state index contributed by atoms with van der Waals surface area (Å²) in [5.41, 5.74) is -1.90. The first-order valence-corrected chi connectivity index (χ1v) is 7.60. The summed E-state index contributed by atoms with van der Waals surface area (Å²) in [5, 5.41) is 8.73. The van der Waals surface area contributed by atoms with E-state index in [1.165, 1.54) is 0 Å². The Hall–Kier alpha value is -0.520. The van der Waals surface area contributed by atoms with Crippen LogP contribution in [0.1, 0.15) is 75.2 Å². The molecule has 0 radical (unpaired) electrons. The van der Waals surface area contributed by atoms with Crippen LogP contribution in [-0.4, -0.2) is 29.6 Å². The van der Waals surface area contributed by atoms with Crippen LogP contribution in [0.3, 0.4) is 0 Å². The summed E-state index contributed by atoms with van der Waals surface area (Å²) < 4.78 is 5.49. The normalized spacial score (nSPS) is 17.2. The number of methoxy groups -OCH3 is 1. The van der Waals surface area contributed by atoms with E-state index in [4.69, 9.17) is 14.5 Å². The van der Waals surface area contributed by atoms with E-state index in [0.29, 0.717) is 6.42 Å². The lowest BCUT2D eigenvalue weighted by Gasteiger charge is -2.34. The molecule has 0 aromatic heterocycles. The average Bonchev–Trinajstić information content (AvgIpc) is 2.33. The van der Waals surface area contributed by atoms with E-state index in [1.54, 1.807) is 7.11 Å². The van der Waals surface area contributed by atoms with Gasteiger partial charge in [0.2, 0.25) is 5.72 Å². The topological polar surface area (TPSA) is 52.4 Å². The zero-order chi connectivity index (χ0) is 16.9. The van der Waals surface area contributed by atoms with Crippen molar-refractivity contribution in [3.8, 4) is 0 Å². The van der Waals surface area contributed by atoms with Gasteiger partial charge in [-0.15, -0.1) is 0 Å². The Balaban J connectivity index is 5.13. The highest BCUT2D eigenvalue weighted by atomic mass is 17.2. The lowest BCUT2D eigenvalue weighted by atomic mass is 9.97. The fourth-order valence-electron chi connectivity index (χ4n) is 1.46. The van der Waals surface area contributed by atoms with Crippen molar-refractivity contribution in [3.05, 3.63) is 0 Å². The minimum atomic E-state index is -0.890. The molecule has 0 saturated carbocycles. The second-order valence-corrected chi connectivity index (χ2v) is 7.97. The first-order valence-electron chi connectivity index (χ1n) is 7.60. The van der Waals surface area contributed by atoms with Gasteiger partial charge in [-0.25, -0.2) is 9.78 Å². The minimum Gasteiger partial charge on any atom is -0.379 e. The molecule has 0 spiro atoms. The molecule has 0 aliphatic rings. The monoisotopic (exact) mass is 302 g/mol. The van der Waals surface area contributed by atoms with Crippen molar-refractivity contribution in [1.29, 1.82) is 0 Å². The zero-order valence-electron chi connectivity index (χ0n) is 15.5. The molecule has 0 aromatic rings. The first kappa shape index (κ1) is 20.5. The summed E-state index contributed by atoms with van der Waals surface area (Å²) in [4.78, 5) is 11.3. The maximum absolute atomic E-state index is 5.68. The Morgan fingerprint density at radius 3 is 1.67 bits per heavy atom. The van der Waals surface area contributed by atoms with Gasteiger partial charge in [-0.3, -0.25) is 0 Å². The van der Waals surface area contributed by atoms with Gasteiger partial charge in [0.1, 0.15) is 0 Å². The highest BCUT2D eigenvalue weighted by Gasteiger charge is 2.37. The van der Waals surface area contributed by atoms with Gasteiger partial charge in [0.25, 0.3) is 0 Å². The lowest BCUT2D eigenvalue weighted by molar-refractivity contribution is -0.409. The third-order valence-corrected chi connectivity index (χ3v) is 3.17. The van der Waals surface area contributed by atoms with Gasteiger partial charge < -0.3 is 4.74 Å². The van der Waals surface area contributed by atoms with Crippen LogP contribution >= 0.6 is 0 Å². The Morgan fingerprint density at radius 2 is 1.29 bits per heavy atom. The molecule has 5 heteroatoms. The van der Waals surface area contributed by atoms with Gasteiger partial charge in [-0.1, -0.05) is 6.92 Å². The molecule has 0 N–H and O–H groups in total. The SMILES string of the molecule is CCC(C)(C)OOC(C)(CC(C)(C)OC)N=NC(C)(C)C. The second kappa shape index (κ2) is 7.16. The second-order valence-electron chi connectivity index (χ2n) is 7.97. The average molecular weight is 302 g/mol. The summed E-state index contributed by atoms with van der Waals surface area (Å²) >= 11 is 0. The van der Waals surface area contributed by atoms with Crippen molar-refractivity contribution < 1.29 is 14.5 Å². The molecule has 0 bridgehead atoms. The van der Waals surface area contributed by atoms with Crippen LogP contribution < -0.4 is 0 Å². The highest BCUT2D eigenvalue weighted by molar-refractivity contribution is 4.82. The van der Waals surface area contributed by atoms with E-state index in [0.717, 1.165) is 6.42 Å². The molecule has 1 unspecified atom stereocenters. The Labute approximate surface area is 130 Å². The standard InChI is InChI=1S/C16H34N2O3/c1-11-14(5,6)20-21-16(9,12-15(7,8)19-10)18-17-13(2,3)4/h11-12H2,1-10H3. The van der Waals surface area contributed by atoms with E-state index in [1.807, 2.05) is 55.4 Å². The van der Waals surface area contributed by atoms with E-state index < -0.39 is 5.72 Å². The number of nitrogens with zero attached hydrogens (tertiary/aromatic N) is 2. The molecule has 0 saturated heterocycles. The first-order chi connectivity index (χ1) is 9.24. The van der Waals surface area contributed by atoms with Crippen LogP contribution in [0.25, 0.3) is 0 Å². The van der Waals surface area contributed by atoms with Crippen molar-refractivity contribution >= 4 is 0 Å². The summed E-state index contributed by atoms with van der Waals surface area (Å²) in [5.74, 6) is 0. The molecule has 126 valence electrons. The van der Waals surface area contributed by atoms with Crippen LogP contribution in [0.2, 0.25) is 0 Å². The Bertz CT molecular complexity index is 346. The van der Waals surface area contributed by atoms with Crippen molar-refractivity contribution in [2.75, 3.05) is 7.11 Å². The summed E-state index contributed by atoms with van der Waals surface area (Å²) in [6.45, 7) is 17.9. The Morgan fingerprint density at radius 1 is 0.762 bits per heavy atom. The van der Waals surface area contributed by atoms with Crippen LogP contribution in [0.4, 0.5) is 0 Å². The van der Waals surface area contributed by atoms with Crippen LogP contribution in [0.5, 0.6) is 0 Å². The van der Waals surface area contributed by atoms with Crippen LogP contribution in [-0.2, 0) is 14.5 Å². The fraction of sp³-hybridized carbons (Fsp3) is 1.00. The Kier molecular flexibility index (Phi) is 6.98.